The van der Waals surface area contributed by atoms with Crippen LogP contribution in [0.5, 0.6) is 0 Å². The predicted octanol–water partition coefficient (Wildman–Crippen LogP) is 2.50. The molecule has 0 amide bonds. The minimum Gasteiger partial charge on any atom is -0.307 e. The van der Waals surface area contributed by atoms with E-state index < -0.39 is 6.43 Å². The van der Waals surface area contributed by atoms with Gasteiger partial charge in [0.05, 0.1) is 6.54 Å². The molecule has 2 nitrogen and oxygen atoms in total. The molecule has 0 radical (unpaired) electrons. The molecular weight excluding hydrogens is 222 g/mol. The van der Waals surface area contributed by atoms with Crippen LogP contribution in [0.25, 0.3) is 0 Å². The van der Waals surface area contributed by atoms with E-state index in [2.05, 4.69) is 10.2 Å². The number of nitrogens with one attached hydrogen (secondary N) is 1. The van der Waals surface area contributed by atoms with Crippen molar-refractivity contribution in [2.75, 3.05) is 26.2 Å². The van der Waals surface area contributed by atoms with Crippen LogP contribution >= 0.6 is 0 Å². The van der Waals surface area contributed by atoms with Crippen LogP contribution in [-0.2, 0) is 0 Å². The van der Waals surface area contributed by atoms with Crippen molar-refractivity contribution in [1.82, 2.24) is 10.2 Å². The fourth-order valence-electron chi connectivity index (χ4n) is 3.20. The van der Waals surface area contributed by atoms with E-state index in [-0.39, 0.29) is 12.6 Å². The normalized spacial score (nSPS) is 28.1. The van der Waals surface area contributed by atoms with Gasteiger partial charge in [-0.2, -0.15) is 0 Å². The van der Waals surface area contributed by atoms with Crippen molar-refractivity contribution in [2.24, 2.45) is 5.92 Å². The summed E-state index contributed by atoms with van der Waals surface area (Å²) in [6.45, 7) is 3.15. The van der Waals surface area contributed by atoms with Crippen LogP contribution in [0.4, 0.5) is 8.78 Å². The maximum Gasteiger partial charge on any atom is 0.250 e. The summed E-state index contributed by atoms with van der Waals surface area (Å²) >= 11 is 0. The molecular formula is C13H24F2N2. The van der Waals surface area contributed by atoms with Crippen LogP contribution in [0.3, 0.4) is 0 Å². The minimum atomic E-state index is -2.22. The van der Waals surface area contributed by atoms with Crippen LogP contribution in [0.2, 0.25) is 0 Å². The lowest BCUT2D eigenvalue weighted by molar-refractivity contribution is 0.121. The highest BCUT2D eigenvalue weighted by Gasteiger charge is 2.24. The molecule has 1 heterocycles. The van der Waals surface area contributed by atoms with Gasteiger partial charge in [-0.15, -0.1) is 0 Å². The summed E-state index contributed by atoms with van der Waals surface area (Å²) < 4.78 is 24.3. The van der Waals surface area contributed by atoms with E-state index in [4.69, 9.17) is 0 Å². The second-order valence-electron chi connectivity index (χ2n) is 5.55. The second-order valence-corrected chi connectivity index (χ2v) is 5.55. The average molecular weight is 246 g/mol. The number of alkyl halides is 2. The fraction of sp³-hybridized carbons (Fsp3) is 1.00. The predicted molar refractivity (Wildman–Crippen MR) is 65.4 cm³/mol. The molecule has 1 saturated carbocycles. The molecule has 0 bridgehead atoms. The first-order valence-electron chi connectivity index (χ1n) is 6.98. The number of likely N-dealkylation sites (tertiary alicyclic amines) is 1. The lowest BCUT2D eigenvalue weighted by Crippen LogP contribution is -2.47. The van der Waals surface area contributed by atoms with Gasteiger partial charge < -0.3 is 10.2 Å². The van der Waals surface area contributed by atoms with Crippen molar-refractivity contribution in [2.45, 2.75) is 51.0 Å². The molecule has 1 N–H and O–H groups in total. The molecule has 100 valence electrons. The molecule has 4 heteroatoms. The second kappa shape index (κ2) is 6.64. The topological polar surface area (TPSA) is 15.3 Å². The minimum absolute atomic E-state index is 0.151. The average Bonchev–Trinajstić information content (AvgIpc) is 2.80. The van der Waals surface area contributed by atoms with Gasteiger partial charge in [0.2, 0.25) is 0 Å². The monoisotopic (exact) mass is 246 g/mol. The number of nitrogens with zero attached hydrogens (tertiary/aromatic N) is 1. The highest BCUT2D eigenvalue weighted by Crippen LogP contribution is 2.26. The van der Waals surface area contributed by atoms with Gasteiger partial charge in [0, 0.05) is 19.1 Å². The highest BCUT2D eigenvalue weighted by atomic mass is 19.3. The molecule has 0 aromatic heterocycles. The maximum absolute atomic E-state index is 12.1. The zero-order valence-electron chi connectivity index (χ0n) is 10.5. The van der Waals surface area contributed by atoms with E-state index in [1.54, 1.807) is 0 Å². The van der Waals surface area contributed by atoms with Gasteiger partial charge in [0.25, 0.3) is 6.43 Å². The Morgan fingerprint density at radius 3 is 2.59 bits per heavy atom. The molecule has 2 fully saturated rings. The fourth-order valence-corrected chi connectivity index (χ4v) is 3.20. The van der Waals surface area contributed by atoms with Crippen molar-refractivity contribution in [1.29, 1.82) is 0 Å². The quantitative estimate of drug-likeness (QED) is 0.802. The highest BCUT2D eigenvalue weighted by molar-refractivity contribution is 4.81. The molecule has 1 aliphatic carbocycles. The third-order valence-corrected chi connectivity index (χ3v) is 4.06. The summed E-state index contributed by atoms with van der Waals surface area (Å²) in [5.41, 5.74) is 0. The van der Waals surface area contributed by atoms with Crippen molar-refractivity contribution >= 4 is 0 Å². The Labute approximate surface area is 103 Å². The van der Waals surface area contributed by atoms with E-state index in [0.29, 0.717) is 0 Å². The molecule has 0 aromatic carbocycles. The Kier molecular flexibility index (Phi) is 5.16. The van der Waals surface area contributed by atoms with Gasteiger partial charge in [-0.05, 0) is 38.1 Å². The van der Waals surface area contributed by atoms with Crippen LogP contribution in [0, 0.1) is 5.92 Å². The van der Waals surface area contributed by atoms with Crippen LogP contribution in [0.1, 0.15) is 38.5 Å². The first kappa shape index (κ1) is 13.2. The summed E-state index contributed by atoms with van der Waals surface area (Å²) in [6.07, 6.45) is 5.47. The Morgan fingerprint density at radius 2 is 1.88 bits per heavy atom. The number of hydrogen-bond donors (Lipinski definition) is 1. The molecule has 2 rings (SSSR count). The molecule has 2 aliphatic rings. The zero-order valence-corrected chi connectivity index (χ0v) is 10.5. The third kappa shape index (κ3) is 4.51. The summed E-state index contributed by atoms with van der Waals surface area (Å²) in [5.74, 6) is 0.865. The van der Waals surface area contributed by atoms with E-state index in [9.17, 15) is 8.78 Å². The van der Waals surface area contributed by atoms with E-state index in [1.807, 2.05) is 0 Å². The van der Waals surface area contributed by atoms with Crippen molar-refractivity contribution in [3.8, 4) is 0 Å². The summed E-state index contributed by atoms with van der Waals surface area (Å²) in [4.78, 5) is 2.47. The third-order valence-electron chi connectivity index (χ3n) is 4.06. The lowest BCUT2D eigenvalue weighted by Gasteiger charge is -2.34. The number of halogens is 2. The standard InChI is InChI=1S/C13H24F2N2/c14-13(15)8-16-12-6-3-7-17(10-12)9-11-4-1-2-5-11/h11-13,16H,1-10H2. The van der Waals surface area contributed by atoms with Gasteiger partial charge in [0.15, 0.2) is 0 Å². The molecule has 1 atom stereocenters. The Balaban J connectivity index is 1.68. The van der Waals surface area contributed by atoms with Gasteiger partial charge in [-0.3, -0.25) is 0 Å². The van der Waals surface area contributed by atoms with Crippen molar-refractivity contribution < 1.29 is 8.78 Å². The van der Waals surface area contributed by atoms with Crippen molar-refractivity contribution in [3.63, 3.8) is 0 Å². The Hall–Kier alpha value is -0.220. The van der Waals surface area contributed by atoms with Gasteiger partial charge in [0.1, 0.15) is 0 Å². The summed E-state index contributed by atoms with van der Waals surface area (Å²) in [5, 5.41) is 2.98. The molecule has 0 spiro atoms. The van der Waals surface area contributed by atoms with Crippen LogP contribution in [0.15, 0.2) is 0 Å². The molecule has 1 saturated heterocycles. The van der Waals surface area contributed by atoms with E-state index >= 15 is 0 Å². The molecule has 0 aromatic rings. The first-order valence-corrected chi connectivity index (χ1v) is 6.98. The Bertz CT molecular complexity index is 217. The van der Waals surface area contributed by atoms with Gasteiger partial charge >= 0.3 is 0 Å². The number of hydrogen-bond acceptors (Lipinski definition) is 2. The molecule has 1 unspecified atom stereocenters. The number of piperidine rings is 1. The summed E-state index contributed by atoms with van der Waals surface area (Å²) in [7, 11) is 0. The van der Waals surface area contributed by atoms with Crippen molar-refractivity contribution in [3.05, 3.63) is 0 Å². The first-order chi connectivity index (χ1) is 8.24. The van der Waals surface area contributed by atoms with E-state index in [1.165, 1.54) is 32.2 Å². The van der Waals surface area contributed by atoms with E-state index in [0.717, 1.165) is 31.8 Å². The number of rotatable bonds is 5. The summed E-state index contributed by atoms with van der Waals surface area (Å²) in [6, 6.07) is 0.277. The lowest BCUT2D eigenvalue weighted by atomic mass is 10.0. The smallest absolute Gasteiger partial charge is 0.250 e. The van der Waals surface area contributed by atoms with Gasteiger partial charge in [-0.1, -0.05) is 12.8 Å². The zero-order chi connectivity index (χ0) is 12.1. The van der Waals surface area contributed by atoms with Gasteiger partial charge in [-0.25, -0.2) is 8.78 Å². The largest absolute Gasteiger partial charge is 0.307 e. The molecule has 17 heavy (non-hydrogen) atoms. The SMILES string of the molecule is FC(F)CNC1CCCN(CC2CCCC2)C1. The molecule has 1 aliphatic heterocycles. The van der Waals surface area contributed by atoms with Crippen LogP contribution < -0.4 is 5.32 Å². The Morgan fingerprint density at radius 1 is 1.12 bits per heavy atom. The van der Waals surface area contributed by atoms with Crippen LogP contribution in [-0.4, -0.2) is 43.5 Å². The maximum atomic E-state index is 12.1.